The molecule has 0 aromatic carbocycles. The van der Waals surface area contributed by atoms with Crippen molar-refractivity contribution >= 4 is 0 Å². The van der Waals surface area contributed by atoms with Crippen molar-refractivity contribution in [3.05, 3.63) is 0 Å². The van der Waals surface area contributed by atoms with Crippen molar-refractivity contribution in [2.24, 2.45) is 23.0 Å². The van der Waals surface area contributed by atoms with Crippen molar-refractivity contribution in [2.75, 3.05) is 19.6 Å². The zero-order chi connectivity index (χ0) is 13.2. The molecule has 3 unspecified atom stereocenters. The molecule has 2 nitrogen and oxygen atoms in total. The van der Waals surface area contributed by atoms with Gasteiger partial charge < -0.3 is 10.6 Å². The fourth-order valence-corrected chi connectivity index (χ4v) is 3.97. The van der Waals surface area contributed by atoms with Crippen LogP contribution in [0.3, 0.4) is 0 Å². The van der Waals surface area contributed by atoms with Crippen LogP contribution in [0.1, 0.15) is 59.3 Å². The molecule has 2 fully saturated rings. The Bertz CT molecular complexity index is 264. The van der Waals surface area contributed by atoms with Gasteiger partial charge in [0, 0.05) is 12.6 Å². The highest BCUT2D eigenvalue weighted by Gasteiger charge is 2.38. The van der Waals surface area contributed by atoms with Crippen molar-refractivity contribution in [3.8, 4) is 0 Å². The molecule has 3 atom stereocenters. The van der Waals surface area contributed by atoms with E-state index in [-0.39, 0.29) is 0 Å². The zero-order valence-electron chi connectivity index (χ0n) is 12.6. The van der Waals surface area contributed by atoms with Crippen molar-refractivity contribution < 1.29 is 0 Å². The van der Waals surface area contributed by atoms with Crippen LogP contribution in [0.2, 0.25) is 0 Å². The van der Waals surface area contributed by atoms with Crippen LogP contribution in [0.5, 0.6) is 0 Å². The summed E-state index contributed by atoms with van der Waals surface area (Å²) in [7, 11) is 0. The summed E-state index contributed by atoms with van der Waals surface area (Å²) in [5.74, 6) is 1.80. The second-order valence-corrected chi connectivity index (χ2v) is 7.36. The van der Waals surface area contributed by atoms with Gasteiger partial charge >= 0.3 is 0 Å². The third-order valence-electron chi connectivity index (χ3n) is 5.55. The highest BCUT2D eigenvalue weighted by molar-refractivity contribution is 4.93. The van der Waals surface area contributed by atoms with Crippen LogP contribution in [-0.4, -0.2) is 30.6 Å². The average molecular weight is 252 g/mol. The predicted molar refractivity (Wildman–Crippen MR) is 78.6 cm³/mol. The van der Waals surface area contributed by atoms with Crippen molar-refractivity contribution in [2.45, 2.75) is 65.3 Å². The van der Waals surface area contributed by atoms with E-state index in [1.807, 2.05) is 0 Å². The fourth-order valence-electron chi connectivity index (χ4n) is 3.97. The Hall–Kier alpha value is -0.0800. The monoisotopic (exact) mass is 252 g/mol. The van der Waals surface area contributed by atoms with E-state index in [2.05, 4.69) is 25.7 Å². The molecule has 0 amide bonds. The molecule has 1 saturated carbocycles. The third kappa shape index (κ3) is 3.27. The van der Waals surface area contributed by atoms with Gasteiger partial charge in [0.05, 0.1) is 0 Å². The first-order valence-corrected chi connectivity index (χ1v) is 7.99. The summed E-state index contributed by atoms with van der Waals surface area (Å²) in [6.07, 6.45) is 8.10. The lowest BCUT2D eigenvalue weighted by atomic mass is 9.84. The van der Waals surface area contributed by atoms with E-state index in [9.17, 15) is 0 Å². The van der Waals surface area contributed by atoms with Gasteiger partial charge in [-0.05, 0) is 62.4 Å². The molecule has 0 radical (unpaired) electrons. The minimum Gasteiger partial charge on any atom is -0.327 e. The molecule has 1 heterocycles. The number of rotatable bonds is 3. The van der Waals surface area contributed by atoms with Crippen molar-refractivity contribution in [3.63, 3.8) is 0 Å². The first-order valence-electron chi connectivity index (χ1n) is 7.99. The van der Waals surface area contributed by atoms with Gasteiger partial charge in [-0.25, -0.2) is 0 Å². The van der Waals surface area contributed by atoms with Gasteiger partial charge in [0.1, 0.15) is 0 Å². The summed E-state index contributed by atoms with van der Waals surface area (Å²) in [6, 6.07) is 0.432. The van der Waals surface area contributed by atoms with E-state index in [4.69, 9.17) is 5.73 Å². The summed E-state index contributed by atoms with van der Waals surface area (Å²) in [5, 5.41) is 0. The Labute approximate surface area is 113 Å². The normalized spacial score (nSPS) is 39.2. The van der Waals surface area contributed by atoms with Crippen LogP contribution in [0, 0.1) is 17.3 Å². The molecule has 1 saturated heterocycles. The molecular formula is C16H32N2. The SMILES string of the molecule is CC(C)C1CCCN(CC2(C)CCCC2N)CC1. The third-order valence-corrected chi connectivity index (χ3v) is 5.55. The van der Waals surface area contributed by atoms with E-state index in [0.29, 0.717) is 11.5 Å². The number of nitrogens with zero attached hydrogens (tertiary/aromatic N) is 1. The summed E-state index contributed by atoms with van der Waals surface area (Å²) >= 11 is 0. The van der Waals surface area contributed by atoms with Crippen LogP contribution in [0.25, 0.3) is 0 Å². The van der Waals surface area contributed by atoms with E-state index in [0.717, 1.165) is 11.8 Å². The number of nitrogens with two attached hydrogens (primary N) is 1. The Kier molecular flexibility index (Phi) is 4.71. The van der Waals surface area contributed by atoms with Crippen molar-refractivity contribution in [1.29, 1.82) is 0 Å². The first-order chi connectivity index (χ1) is 8.51. The van der Waals surface area contributed by atoms with Gasteiger partial charge in [0.25, 0.3) is 0 Å². The van der Waals surface area contributed by atoms with E-state index in [1.54, 1.807) is 0 Å². The Balaban J connectivity index is 1.87. The van der Waals surface area contributed by atoms with Gasteiger partial charge in [0.2, 0.25) is 0 Å². The molecule has 0 bridgehead atoms. The second-order valence-electron chi connectivity index (χ2n) is 7.36. The summed E-state index contributed by atoms with van der Waals surface area (Å²) in [5.41, 5.74) is 6.70. The van der Waals surface area contributed by atoms with Crippen LogP contribution in [-0.2, 0) is 0 Å². The lowest BCUT2D eigenvalue weighted by Crippen LogP contribution is -2.44. The summed E-state index contributed by atoms with van der Waals surface area (Å²) in [6.45, 7) is 11.0. The predicted octanol–water partition coefficient (Wildman–Crippen LogP) is 3.26. The lowest BCUT2D eigenvalue weighted by Gasteiger charge is -2.35. The van der Waals surface area contributed by atoms with Crippen LogP contribution >= 0.6 is 0 Å². The standard InChI is InChI=1S/C16H32N2/c1-13(2)14-6-5-10-18(11-8-14)12-16(3)9-4-7-15(16)17/h13-15H,4-12,17H2,1-3H3. The molecule has 2 rings (SSSR count). The van der Waals surface area contributed by atoms with Gasteiger partial charge in [-0.1, -0.05) is 27.2 Å². The van der Waals surface area contributed by atoms with Gasteiger partial charge in [0.15, 0.2) is 0 Å². The van der Waals surface area contributed by atoms with E-state index in [1.165, 1.54) is 58.2 Å². The highest BCUT2D eigenvalue weighted by atomic mass is 15.1. The van der Waals surface area contributed by atoms with Gasteiger partial charge in [-0.2, -0.15) is 0 Å². The number of hydrogen-bond acceptors (Lipinski definition) is 2. The largest absolute Gasteiger partial charge is 0.327 e. The first kappa shape index (κ1) is 14.3. The van der Waals surface area contributed by atoms with Gasteiger partial charge in [-0.3, -0.25) is 0 Å². The number of likely N-dealkylation sites (tertiary alicyclic amines) is 1. The fraction of sp³-hybridized carbons (Fsp3) is 1.00. The molecule has 106 valence electrons. The topological polar surface area (TPSA) is 29.3 Å². The molecule has 0 aromatic rings. The summed E-state index contributed by atoms with van der Waals surface area (Å²) in [4.78, 5) is 2.70. The van der Waals surface area contributed by atoms with E-state index >= 15 is 0 Å². The molecule has 1 aliphatic heterocycles. The molecule has 2 N–H and O–H groups in total. The van der Waals surface area contributed by atoms with E-state index < -0.39 is 0 Å². The van der Waals surface area contributed by atoms with Crippen LogP contribution < -0.4 is 5.73 Å². The highest BCUT2D eigenvalue weighted by Crippen LogP contribution is 2.38. The summed E-state index contributed by atoms with van der Waals surface area (Å²) < 4.78 is 0. The second kappa shape index (κ2) is 5.92. The molecule has 0 spiro atoms. The Morgan fingerprint density at radius 1 is 1.17 bits per heavy atom. The molecule has 2 heteroatoms. The lowest BCUT2D eigenvalue weighted by molar-refractivity contribution is 0.154. The molecular weight excluding hydrogens is 220 g/mol. The maximum Gasteiger partial charge on any atom is 0.0105 e. The maximum absolute atomic E-state index is 6.32. The quantitative estimate of drug-likeness (QED) is 0.835. The maximum atomic E-state index is 6.32. The van der Waals surface area contributed by atoms with Crippen LogP contribution in [0.15, 0.2) is 0 Å². The minimum absolute atomic E-state index is 0.387. The Morgan fingerprint density at radius 2 is 1.94 bits per heavy atom. The molecule has 2 aliphatic rings. The van der Waals surface area contributed by atoms with Crippen LogP contribution in [0.4, 0.5) is 0 Å². The van der Waals surface area contributed by atoms with Gasteiger partial charge in [-0.15, -0.1) is 0 Å². The average Bonchev–Trinajstić information content (AvgIpc) is 2.54. The number of hydrogen-bond donors (Lipinski definition) is 1. The molecule has 1 aliphatic carbocycles. The van der Waals surface area contributed by atoms with Crippen molar-refractivity contribution in [1.82, 2.24) is 4.90 Å². The smallest absolute Gasteiger partial charge is 0.0105 e. The molecule has 0 aromatic heterocycles. The minimum atomic E-state index is 0.387. The molecule has 18 heavy (non-hydrogen) atoms. The Morgan fingerprint density at radius 3 is 2.56 bits per heavy atom. The zero-order valence-corrected chi connectivity index (χ0v) is 12.6.